The highest BCUT2D eigenvalue weighted by molar-refractivity contribution is 5.65. The van der Waals surface area contributed by atoms with E-state index in [0.29, 0.717) is 12.2 Å². The van der Waals surface area contributed by atoms with Gasteiger partial charge in [0, 0.05) is 5.56 Å². The number of hydrogen-bond donors (Lipinski definition) is 0. The molecule has 0 heterocycles. The van der Waals surface area contributed by atoms with E-state index in [2.05, 4.69) is 13.0 Å². The zero-order valence-corrected chi connectivity index (χ0v) is 16.4. The average Bonchev–Trinajstić information content (AvgIpc) is 2.69. The number of halogens is 2. The lowest BCUT2D eigenvalue weighted by Gasteiger charge is -2.11. The number of unbranched alkanes of at least 4 members (excludes halogenated alkanes) is 4. The van der Waals surface area contributed by atoms with Crippen LogP contribution in [0.15, 0.2) is 48.6 Å². The van der Waals surface area contributed by atoms with Crippen LogP contribution in [-0.4, -0.2) is 6.61 Å². The Morgan fingerprint density at radius 3 is 2.33 bits per heavy atom. The lowest BCUT2D eigenvalue weighted by atomic mass is 10.0. The van der Waals surface area contributed by atoms with Gasteiger partial charge < -0.3 is 4.74 Å². The van der Waals surface area contributed by atoms with E-state index in [1.807, 2.05) is 37.3 Å². The van der Waals surface area contributed by atoms with Crippen molar-refractivity contribution in [2.75, 3.05) is 6.61 Å². The zero-order valence-electron chi connectivity index (χ0n) is 16.4. The summed E-state index contributed by atoms with van der Waals surface area (Å²) in [7, 11) is 0. The maximum absolute atomic E-state index is 14.5. The van der Waals surface area contributed by atoms with Crippen LogP contribution in [0.2, 0.25) is 0 Å². The first kappa shape index (κ1) is 21.1. The van der Waals surface area contributed by atoms with Gasteiger partial charge in [-0.2, -0.15) is 4.39 Å². The van der Waals surface area contributed by atoms with E-state index in [1.54, 1.807) is 6.07 Å². The Kier molecular flexibility index (Phi) is 9.03. The van der Waals surface area contributed by atoms with Gasteiger partial charge in [-0.3, -0.25) is 0 Å². The van der Waals surface area contributed by atoms with E-state index < -0.39 is 11.6 Å². The van der Waals surface area contributed by atoms with Gasteiger partial charge in [-0.05, 0) is 49.4 Å². The summed E-state index contributed by atoms with van der Waals surface area (Å²) >= 11 is 0. The van der Waals surface area contributed by atoms with Crippen molar-refractivity contribution < 1.29 is 13.5 Å². The van der Waals surface area contributed by atoms with Gasteiger partial charge in [-0.15, -0.1) is 0 Å². The van der Waals surface area contributed by atoms with E-state index >= 15 is 0 Å². The summed E-state index contributed by atoms with van der Waals surface area (Å²) in [6.45, 7) is 4.58. The maximum Gasteiger partial charge on any atom is 0.201 e. The quantitative estimate of drug-likeness (QED) is 0.293. The van der Waals surface area contributed by atoms with Gasteiger partial charge in [-0.1, -0.05) is 69.0 Å². The smallest absolute Gasteiger partial charge is 0.201 e. The van der Waals surface area contributed by atoms with Gasteiger partial charge in [0.2, 0.25) is 5.82 Å². The first-order chi connectivity index (χ1) is 13.2. The van der Waals surface area contributed by atoms with Gasteiger partial charge in [0.05, 0.1) is 6.61 Å². The Morgan fingerprint density at radius 2 is 1.63 bits per heavy atom. The van der Waals surface area contributed by atoms with Crippen molar-refractivity contribution >= 4 is 0 Å². The van der Waals surface area contributed by atoms with Gasteiger partial charge in [0.15, 0.2) is 11.6 Å². The molecule has 0 amide bonds. The highest BCUT2D eigenvalue weighted by Crippen LogP contribution is 2.30. The average molecular weight is 372 g/mol. The van der Waals surface area contributed by atoms with Crippen LogP contribution in [0.5, 0.6) is 5.75 Å². The van der Waals surface area contributed by atoms with E-state index in [4.69, 9.17) is 4.74 Å². The Hall–Kier alpha value is -2.16. The van der Waals surface area contributed by atoms with Crippen molar-refractivity contribution in [3.05, 3.63) is 65.7 Å². The van der Waals surface area contributed by atoms with Crippen molar-refractivity contribution in [2.45, 2.75) is 58.8 Å². The molecule has 2 aromatic rings. The molecule has 0 radical (unpaired) electrons. The highest BCUT2D eigenvalue weighted by Gasteiger charge is 2.15. The molecule has 0 aliphatic heterocycles. The number of hydrogen-bond acceptors (Lipinski definition) is 1. The maximum atomic E-state index is 14.5. The molecule has 0 saturated carbocycles. The molecule has 0 saturated heterocycles. The van der Waals surface area contributed by atoms with Crippen molar-refractivity contribution in [1.29, 1.82) is 0 Å². The lowest BCUT2D eigenvalue weighted by Crippen LogP contribution is -2.01. The molecule has 0 aliphatic rings. The van der Waals surface area contributed by atoms with Crippen LogP contribution in [0, 0.1) is 11.6 Å². The van der Waals surface area contributed by atoms with Gasteiger partial charge in [0.1, 0.15) is 0 Å². The molecule has 2 aromatic carbocycles. The molecule has 0 spiro atoms. The number of allylic oxidation sites excluding steroid dienone is 2. The first-order valence-electron chi connectivity index (χ1n) is 9.98. The Labute approximate surface area is 162 Å². The molecule has 0 aromatic heterocycles. The van der Waals surface area contributed by atoms with Crippen molar-refractivity contribution in [3.63, 3.8) is 0 Å². The van der Waals surface area contributed by atoms with E-state index in [9.17, 15) is 8.78 Å². The van der Waals surface area contributed by atoms with E-state index in [1.165, 1.54) is 24.5 Å². The molecule has 0 atom stereocenters. The molecular weight excluding hydrogens is 342 g/mol. The normalized spacial score (nSPS) is 11.3. The molecule has 2 rings (SSSR count). The molecule has 1 nitrogen and oxygen atoms in total. The lowest BCUT2D eigenvalue weighted by molar-refractivity contribution is 0.285. The number of ether oxygens (including phenoxy) is 1. The van der Waals surface area contributed by atoms with Crippen LogP contribution in [0.3, 0.4) is 0 Å². The number of aryl methyl sites for hydroxylation is 1. The number of benzene rings is 2. The highest BCUT2D eigenvalue weighted by atomic mass is 19.2. The molecular formula is C24H30F2O. The molecule has 27 heavy (non-hydrogen) atoms. The monoisotopic (exact) mass is 372 g/mol. The minimum absolute atomic E-state index is 0.00489. The predicted octanol–water partition coefficient (Wildman–Crippen LogP) is 7.49. The van der Waals surface area contributed by atoms with Crippen LogP contribution < -0.4 is 4.74 Å². The van der Waals surface area contributed by atoms with Gasteiger partial charge in [-0.25, -0.2) is 4.39 Å². The first-order valence-corrected chi connectivity index (χ1v) is 9.98. The molecule has 0 N–H and O–H groups in total. The van der Waals surface area contributed by atoms with Crippen molar-refractivity contribution in [3.8, 4) is 16.9 Å². The summed E-state index contributed by atoms with van der Waals surface area (Å²) in [6, 6.07) is 10.8. The zero-order chi connectivity index (χ0) is 19.5. The second-order valence-electron chi connectivity index (χ2n) is 6.81. The third-order valence-corrected chi connectivity index (χ3v) is 4.65. The minimum atomic E-state index is -0.904. The molecule has 3 heteroatoms. The SMILES string of the molecule is C/C=C/CCc1ccc(-c2ccc(OCCCCCCC)c(F)c2F)cc1. The fraction of sp³-hybridized carbons (Fsp3) is 0.417. The standard InChI is InChI=1S/C24H30F2O/c1-3-5-7-8-10-18-27-22-17-16-21(23(25)24(22)26)20-14-12-19(13-15-20)11-9-6-4-2/h4,6,12-17H,3,5,7-11,18H2,1-2H3/b6-4+. The van der Waals surface area contributed by atoms with Crippen LogP contribution in [0.4, 0.5) is 8.78 Å². The molecule has 0 unspecified atom stereocenters. The summed E-state index contributed by atoms with van der Waals surface area (Å²) < 4.78 is 34.3. The molecule has 0 aliphatic carbocycles. The second-order valence-corrected chi connectivity index (χ2v) is 6.81. The van der Waals surface area contributed by atoms with Crippen LogP contribution in [-0.2, 0) is 6.42 Å². The van der Waals surface area contributed by atoms with E-state index in [0.717, 1.165) is 32.1 Å². The fourth-order valence-corrected chi connectivity index (χ4v) is 3.02. The summed E-state index contributed by atoms with van der Waals surface area (Å²) in [5, 5.41) is 0. The van der Waals surface area contributed by atoms with E-state index in [-0.39, 0.29) is 11.3 Å². The van der Waals surface area contributed by atoms with Crippen LogP contribution in [0.25, 0.3) is 11.1 Å². The fourth-order valence-electron chi connectivity index (χ4n) is 3.02. The minimum Gasteiger partial charge on any atom is -0.490 e. The number of rotatable bonds is 11. The van der Waals surface area contributed by atoms with Gasteiger partial charge in [0.25, 0.3) is 0 Å². The van der Waals surface area contributed by atoms with Gasteiger partial charge >= 0.3 is 0 Å². The van der Waals surface area contributed by atoms with Crippen LogP contribution in [0.1, 0.15) is 57.9 Å². The largest absolute Gasteiger partial charge is 0.490 e. The van der Waals surface area contributed by atoms with Crippen molar-refractivity contribution in [1.82, 2.24) is 0 Å². The third-order valence-electron chi connectivity index (χ3n) is 4.65. The Morgan fingerprint density at radius 1 is 0.889 bits per heavy atom. The topological polar surface area (TPSA) is 9.23 Å². The third kappa shape index (κ3) is 6.50. The van der Waals surface area contributed by atoms with Crippen LogP contribution >= 0.6 is 0 Å². The Balaban J connectivity index is 1.99. The van der Waals surface area contributed by atoms with Crippen molar-refractivity contribution in [2.24, 2.45) is 0 Å². The summed E-state index contributed by atoms with van der Waals surface area (Å²) in [6.07, 6.45) is 11.5. The summed E-state index contributed by atoms with van der Waals surface area (Å²) in [5.41, 5.74) is 2.12. The second kappa shape index (κ2) is 11.5. The molecule has 146 valence electrons. The molecule has 0 bridgehead atoms. The summed E-state index contributed by atoms with van der Waals surface area (Å²) in [4.78, 5) is 0. The molecule has 0 fully saturated rings. The summed E-state index contributed by atoms with van der Waals surface area (Å²) in [5.74, 6) is -1.76. The predicted molar refractivity (Wildman–Crippen MR) is 109 cm³/mol. The Bertz CT molecular complexity index is 720.